The van der Waals surface area contributed by atoms with E-state index in [9.17, 15) is 4.57 Å². The van der Waals surface area contributed by atoms with E-state index < -0.39 is 8.03 Å². The molecule has 0 saturated carbocycles. The Morgan fingerprint density at radius 3 is 2.00 bits per heavy atom. The van der Waals surface area contributed by atoms with E-state index in [1.807, 2.05) is 0 Å². The Bertz CT molecular complexity index is 126. The molecule has 72 valence electrons. The summed E-state index contributed by atoms with van der Waals surface area (Å²) in [6.07, 6.45) is 0.720. The van der Waals surface area contributed by atoms with Crippen LogP contribution in [0.5, 0.6) is 0 Å². The van der Waals surface area contributed by atoms with Crippen molar-refractivity contribution < 1.29 is 9.09 Å². The van der Waals surface area contributed by atoms with E-state index in [-0.39, 0.29) is 23.1 Å². The molecular formula is C8H21MgO2P. The normalized spacial score (nSPS) is 13.2. The highest BCUT2D eigenvalue weighted by molar-refractivity contribution is 7.39. The van der Waals surface area contributed by atoms with Crippen molar-refractivity contribution in [1.29, 1.82) is 0 Å². The molecule has 0 radical (unpaired) electrons. The van der Waals surface area contributed by atoms with Crippen molar-refractivity contribution in [3.05, 3.63) is 0 Å². The average molecular weight is 205 g/mol. The van der Waals surface area contributed by atoms with Gasteiger partial charge in [0.05, 0.1) is 6.61 Å². The third-order valence-corrected chi connectivity index (χ3v) is 2.79. The first-order chi connectivity index (χ1) is 5.02. The van der Waals surface area contributed by atoms with Crippen LogP contribution in [0.2, 0.25) is 0 Å². The fourth-order valence-electron chi connectivity index (χ4n) is 0.652. The highest BCUT2D eigenvalue weighted by Gasteiger charge is 2.03. The molecule has 0 N–H and O–H groups in total. The lowest BCUT2D eigenvalue weighted by molar-refractivity contribution is 0.281. The molecule has 0 aromatic carbocycles. The van der Waals surface area contributed by atoms with Crippen molar-refractivity contribution in [2.75, 3.05) is 12.8 Å². The smallest absolute Gasteiger partial charge is 0.316 e. The molecule has 0 spiro atoms. The van der Waals surface area contributed by atoms with Crippen molar-refractivity contribution >= 4 is 31.1 Å². The molecule has 0 amide bonds. The predicted octanol–water partition coefficient (Wildman–Crippen LogP) is 1.87. The molecule has 0 saturated heterocycles. The van der Waals surface area contributed by atoms with Crippen LogP contribution in [0.25, 0.3) is 0 Å². The van der Waals surface area contributed by atoms with Crippen molar-refractivity contribution in [2.45, 2.75) is 27.7 Å². The summed E-state index contributed by atoms with van der Waals surface area (Å²) in [5.41, 5.74) is 0. The van der Waals surface area contributed by atoms with Crippen LogP contribution >= 0.6 is 8.03 Å². The van der Waals surface area contributed by atoms with Gasteiger partial charge in [0.15, 0.2) is 8.03 Å². The predicted molar refractivity (Wildman–Crippen MR) is 58.0 cm³/mol. The highest BCUT2D eigenvalue weighted by atomic mass is 31.1. The Hall–Kier alpha value is 0.956. The zero-order valence-corrected chi connectivity index (χ0v) is 8.89. The molecule has 0 aliphatic carbocycles. The van der Waals surface area contributed by atoms with Gasteiger partial charge in [-0.2, -0.15) is 0 Å². The summed E-state index contributed by atoms with van der Waals surface area (Å²) in [5, 5.41) is 0. The Kier molecular flexibility index (Phi) is 11.0. The van der Waals surface area contributed by atoms with Gasteiger partial charge in [0, 0.05) is 6.16 Å². The van der Waals surface area contributed by atoms with Gasteiger partial charge in [0.1, 0.15) is 0 Å². The van der Waals surface area contributed by atoms with E-state index in [2.05, 4.69) is 27.7 Å². The molecule has 0 heterocycles. The number of hydrogen-bond acceptors (Lipinski definition) is 2. The average Bonchev–Trinajstić information content (AvgIpc) is 1.82. The Morgan fingerprint density at radius 2 is 1.67 bits per heavy atom. The van der Waals surface area contributed by atoms with Crippen LogP contribution in [0.3, 0.4) is 0 Å². The lowest BCUT2D eigenvalue weighted by Gasteiger charge is -2.07. The molecule has 4 heteroatoms. The minimum Gasteiger partial charge on any atom is -0.330 e. The lowest BCUT2D eigenvalue weighted by Crippen LogP contribution is -1.99. The van der Waals surface area contributed by atoms with Crippen molar-refractivity contribution in [3.63, 3.8) is 0 Å². The van der Waals surface area contributed by atoms with Crippen molar-refractivity contribution in [1.82, 2.24) is 0 Å². The molecule has 1 unspecified atom stereocenters. The maximum atomic E-state index is 11.1. The Balaban J connectivity index is 0. The molecule has 0 rings (SSSR count). The third-order valence-electron chi connectivity index (χ3n) is 1.15. The second kappa shape index (κ2) is 8.55. The van der Waals surface area contributed by atoms with Crippen LogP contribution < -0.4 is 0 Å². The molecule has 0 aromatic heterocycles. The zero-order chi connectivity index (χ0) is 8.85. The largest absolute Gasteiger partial charge is 0.330 e. The quantitative estimate of drug-likeness (QED) is 0.505. The van der Waals surface area contributed by atoms with Gasteiger partial charge in [-0.05, 0) is 11.8 Å². The van der Waals surface area contributed by atoms with E-state index in [1.165, 1.54) is 0 Å². The van der Waals surface area contributed by atoms with Gasteiger partial charge in [0.2, 0.25) is 0 Å². The highest BCUT2D eigenvalue weighted by Crippen LogP contribution is 2.25. The minimum absolute atomic E-state index is 0. The first-order valence-corrected chi connectivity index (χ1v) is 5.70. The third kappa shape index (κ3) is 11.0. The van der Waals surface area contributed by atoms with Crippen LogP contribution in [-0.2, 0) is 9.09 Å². The van der Waals surface area contributed by atoms with Gasteiger partial charge in [0.25, 0.3) is 0 Å². The summed E-state index contributed by atoms with van der Waals surface area (Å²) < 4.78 is 16.3. The molecule has 0 aromatic rings. The first kappa shape index (κ1) is 15.4. The molecule has 1 atom stereocenters. The van der Waals surface area contributed by atoms with Gasteiger partial charge in [-0.1, -0.05) is 27.7 Å². The fourth-order valence-corrected chi connectivity index (χ4v) is 1.96. The maximum Gasteiger partial charge on any atom is 0.316 e. The monoisotopic (exact) mass is 204 g/mol. The van der Waals surface area contributed by atoms with Crippen LogP contribution in [0, 0.1) is 11.8 Å². The Labute approximate surface area is 92.5 Å². The van der Waals surface area contributed by atoms with E-state index >= 15 is 0 Å². The summed E-state index contributed by atoms with van der Waals surface area (Å²) in [4.78, 5) is 0. The summed E-state index contributed by atoms with van der Waals surface area (Å²) in [7, 11) is -1.73. The molecule has 2 nitrogen and oxygen atoms in total. The van der Waals surface area contributed by atoms with Gasteiger partial charge >= 0.3 is 23.1 Å². The van der Waals surface area contributed by atoms with Crippen LogP contribution in [-0.4, -0.2) is 35.8 Å². The van der Waals surface area contributed by atoms with Crippen LogP contribution in [0.1, 0.15) is 27.7 Å². The van der Waals surface area contributed by atoms with E-state index in [1.54, 1.807) is 0 Å². The van der Waals surface area contributed by atoms with E-state index in [0.717, 1.165) is 6.16 Å². The molecule has 0 bridgehead atoms. The summed E-state index contributed by atoms with van der Waals surface area (Å²) in [6.45, 7) is 8.86. The first-order valence-electron chi connectivity index (χ1n) is 4.18. The Morgan fingerprint density at radius 1 is 1.17 bits per heavy atom. The lowest BCUT2D eigenvalue weighted by atomic mass is 10.2. The van der Waals surface area contributed by atoms with Gasteiger partial charge < -0.3 is 4.52 Å². The maximum absolute atomic E-state index is 11.1. The van der Waals surface area contributed by atoms with Crippen LogP contribution in [0.15, 0.2) is 0 Å². The molecule has 12 heavy (non-hydrogen) atoms. The van der Waals surface area contributed by atoms with E-state index in [4.69, 9.17) is 4.52 Å². The topological polar surface area (TPSA) is 26.3 Å². The molecule has 0 aliphatic heterocycles. The second-order valence-corrected chi connectivity index (χ2v) is 5.12. The molecule has 0 fully saturated rings. The van der Waals surface area contributed by atoms with Gasteiger partial charge in [-0.25, -0.2) is 0 Å². The van der Waals surface area contributed by atoms with Crippen molar-refractivity contribution in [3.8, 4) is 0 Å². The number of rotatable bonds is 5. The summed E-state index contributed by atoms with van der Waals surface area (Å²) in [6, 6.07) is 0. The SMILES string of the molecule is CC(C)CO[PH](=O)CC(C)C.[MgH2]. The van der Waals surface area contributed by atoms with Crippen molar-refractivity contribution in [2.24, 2.45) is 11.8 Å². The van der Waals surface area contributed by atoms with Gasteiger partial charge in [-0.15, -0.1) is 0 Å². The van der Waals surface area contributed by atoms with Crippen LogP contribution in [0.4, 0.5) is 0 Å². The fraction of sp³-hybridized carbons (Fsp3) is 1.00. The van der Waals surface area contributed by atoms with Gasteiger partial charge in [-0.3, -0.25) is 4.57 Å². The standard InChI is InChI=1S/C8H19O2P.Mg.2H/c1-7(2)5-10-11(9)6-8(3)4;;;/h7-8,11H,5-6H2,1-4H3;;;. The second-order valence-electron chi connectivity index (χ2n) is 3.67. The number of hydrogen-bond donors (Lipinski definition) is 0. The summed E-state index contributed by atoms with van der Waals surface area (Å²) >= 11 is 0. The zero-order valence-electron chi connectivity index (χ0n) is 7.89. The molecule has 0 aliphatic rings. The summed E-state index contributed by atoms with van der Waals surface area (Å²) in [5.74, 6) is 0.963. The minimum atomic E-state index is -1.73. The van der Waals surface area contributed by atoms with E-state index in [0.29, 0.717) is 18.4 Å². The molecular weight excluding hydrogens is 183 g/mol.